The molecule has 1 aliphatic rings. The Labute approximate surface area is 152 Å². The van der Waals surface area contributed by atoms with Gasteiger partial charge in [0.15, 0.2) is 11.5 Å². The summed E-state index contributed by atoms with van der Waals surface area (Å²) in [5, 5.41) is 10.2. The number of fused-ring (bicyclic) bond motifs is 3. The number of benzene rings is 2. The number of hydrogen-bond acceptors (Lipinski definition) is 6. The number of anilines is 1. The lowest BCUT2D eigenvalue weighted by Gasteiger charge is -2.15. The van der Waals surface area contributed by atoms with Gasteiger partial charge in [0.1, 0.15) is 11.5 Å². The van der Waals surface area contributed by atoms with Crippen LogP contribution in [-0.2, 0) is 11.0 Å². The Balaban J connectivity index is 1.87. The first-order valence-electron chi connectivity index (χ1n) is 7.70. The predicted molar refractivity (Wildman–Crippen MR) is 99.4 cm³/mol. The zero-order chi connectivity index (χ0) is 18.5. The minimum atomic E-state index is -4.31. The van der Waals surface area contributed by atoms with E-state index in [2.05, 4.69) is 4.98 Å². The molecule has 0 radical (unpaired) electrons. The summed E-state index contributed by atoms with van der Waals surface area (Å²) in [7, 11) is -4.31. The standard InChI is InChI=1S/C17H15N2O5PS/c18-17-19-16-14(26-17)7-12-11(9-2-1-3-10(20)6-9)4-5-13(15(12)16)24-8-25(21,22)23/h1-6,20H,7-8H2,(H2,18,19)(H2,21,22,23). The summed E-state index contributed by atoms with van der Waals surface area (Å²) in [6, 6.07) is 10.4. The molecule has 1 heterocycles. The third kappa shape index (κ3) is 3.08. The highest BCUT2D eigenvalue weighted by Crippen LogP contribution is 2.49. The smallest absolute Gasteiger partial charge is 0.362 e. The van der Waals surface area contributed by atoms with Gasteiger partial charge in [-0.2, -0.15) is 0 Å². The van der Waals surface area contributed by atoms with Crippen molar-refractivity contribution in [3.05, 3.63) is 46.8 Å². The largest absolute Gasteiger partial charge is 0.508 e. The van der Waals surface area contributed by atoms with Gasteiger partial charge >= 0.3 is 7.60 Å². The van der Waals surface area contributed by atoms with E-state index in [1.807, 2.05) is 12.1 Å². The van der Waals surface area contributed by atoms with Crippen molar-refractivity contribution in [1.29, 1.82) is 0 Å². The van der Waals surface area contributed by atoms with Crippen LogP contribution in [0, 0.1) is 0 Å². The lowest BCUT2D eigenvalue weighted by atomic mass is 9.95. The number of phenolic OH excluding ortho intramolecular Hbond substituents is 1. The quantitative estimate of drug-likeness (QED) is 0.394. The molecule has 7 nitrogen and oxygen atoms in total. The Kier molecular flexibility index (Phi) is 4.00. The first-order valence-corrected chi connectivity index (χ1v) is 10.3. The van der Waals surface area contributed by atoms with Gasteiger partial charge in [-0.3, -0.25) is 4.57 Å². The van der Waals surface area contributed by atoms with Gasteiger partial charge in [-0.25, -0.2) is 4.98 Å². The first-order chi connectivity index (χ1) is 12.3. The number of rotatable bonds is 4. The van der Waals surface area contributed by atoms with Crippen LogP contribution < -0.4 is 10.5 Å². The highest BCUT2D eigenvalue weighted by Gasteiger charge is 2.30. The van der Waals surface area contributed by atoms with E-state index in [0.29, 0.717) is 28.6 Å². The third-order valence-electron chi connectivity index (χ3n) is 4.11. The number of nitrogens with two attached hydrogens (primary N) is 1. The fraction of sp³-hybridized carbons (Fsp3) is 0.118. The zero-order valence-electron chi connectivity index (χ0n) is 13.4. The second-order valence-corrected chi connectivity index (χ2v) is 8.66. The number of nitrogens with zero attached hydrogens (tertiary/aromatic N) is 1. The molecule has 5 N–H and O–H groups in total. The number of aromatic nitrogens is 1. The second-order valence-electron chi connectivity index (χ2n) is 5.95. The lowest BCUT2D eigenvalue weighted by molar-refractivity contribution is 0.301. The molecule has 2 aromatic carbocycles. The Hall–Kier alpha value is -2.38. The molecule has 134 valence electrons. The van der Waals surface area contributed by atoms with Crippen molar-refractivity contribution in [2.24, 2.45) is 0 Å². The molecule has 0 aliphatic heterocycles. The van der Waals surface area contributed by atoms with Crippen molar-refractivity contribution in [3.8, 4) is 33.9 Å². The van der Waals surface area contributed by atoms with Crippen LogP contribution in [0.1, 0.15) is 10.4 Å². The zero-order valence-corrected chi connectivity index (χ0v) is 15.1. The predicted octanol–water partition coefficient (Wildman–Crippen LogP) is 3.18. The van der Waals surface area contributed by atoms with Gasteiger partial charge in [-0.05, 0) is 34.9 Å². The van der Waals surface area contributed by atoms with Crippen LogP contribution in [0.25, 0.3) is 22.4 Å². The van der Waals surface area contributed by atoms with Gasteiger partial charge in [-0.15, -0.1) is 11.3 Å². The Morgan fingerprint density at radius 3 is 2.81 bits per heavy atom. The van der Waals surface area contributed by atoms with Gasteiger partial charge in [0.25, 0.3) is 0 Å². The highest BCUT2D eigenvalue weighted by molar-refractivity contribution is 7.51. The number of thiazole rings is 1. The van der Waals surface area contributed by atoms with Gasteiger partial charge in [-0.1, -0.05) is 18.2 Å². The van der Waals surface area contributed by atoms with E-state index < -0.39 is 13.9 Å². The maximum atomic E-state index is 11.2. The van der Waals surface area contributed by atoms with E-state index in [0.717, 1.165) is 21.6 Å². The van der Waals surface area contributed by atoms with Crippen molar-refractivity contribution in [3.63, 3.8) is 0 Å². The first kappa shape index (κ1) is 17.1. The topological polar surface area (TPSA) is 126 Å². The van der Waals surface area contributed by atoms with Crippen LogP contribution in [0.15, 0.2) is 36.4 Å². The Bertz CT molecular complexity index is 1060. The highest BCUT2D eigenvalue weighted by atomic mass is 32.1. The molecule has 4 rings (SSSR count). The van der Waals surface area contributed by atoms with Crippen molar-refractivity contribution in [2.45, 2.75) is 6.42 Å². The van der Waals surface area contributed by atoms with Gasteiger partial charge < -0.3 is 25.4 Å². The number of hydrogen-bond donors (Lipinski definition) is 4. The summed E-state index contributed by atoms with van der Waals surface area (Å²) >= 11 is 1.38. The van der Waals surface area contributed by atoms with Crippen LogP contribution in [0.5, 0.6) is 11.5 Å². The lowest BCUT2D eigenvalue weighted by Crippen LogP contribution is -2.01. The van der Waals surface area contributed by atoms with Gasteiger partial charge in [0.05, 0.1) is 5.69 Å². The SMILES string of the molecule is Nc1nc2c(s1)Cc1c(-c3cccc(O)c3)ccc(OCP(=O)(O)O)c1-2. The van der Waals surface area contributed by atoms with Gasteiger partial charge in [0.2, 0.25) is 0 Å². The van der Waals surface area contributed by atoms with E-state index in [1.54, 1.807) is 24.3 Å². The molecule has 0 fully saturated rings. The second kappa shape index (κ2) is 6.10. The fourth-order valence-corrected chi connectivity index (χ4v) is 4.29. The number of ether oxygens (including phenoxy) is 1. The van der Waals surface area contributed by atoms with Crippen LogP contribution in [-0.4, -0.2) is 26.2 Å². The number of phenols is 1. The summed E-state index contributed by atoms with van der Waals surface area (Å²) in [5.74, 6) is 0.518. The fourth-order valence-electron chi connectivity index (χ4n) is 3.13. The number of nitrogen functional groups attached to an aromatic ring is 1. The molecule has 0 atom stereocenters. The minimum Gasteiger partial charge on any atom is -0.508 e. The molecule has 1 aliphatic carbocycles. The van der Waals surface area contributed by atoms with E-state index >= 15 is 0 Å². The summed E-state index contributed by atoms with van der Waals surface area (Å²) in [4.78, 5) is 23.6. The summed E-state index contributed by atoms with van der Waals surface area (Å²) in [5.41, 5.74) is 9.88. The van der Waals surface area contributed by atoms with Crippen LogP contribution >= 0.6 is 18.9 Å². The molecule has 9 heteroatoms. The summed E-state index contributed by atoms with van der Waals surface area (Å²) in [6.07, 6.45) is -0.114. The summed E-state index contributed by atoms with van der Waals surface area (Å²) in [6.45, 7) is 0. The molecule has 26 heavy (non-hydrogen) atoms. The van der Waals surface area contributed by atoms with E-state index in [1.165, 1.54) is 11.3 Å². The Morgan fingerprint density at radius 1 is 1.27 bits per heavy atom. The average Bonchev–Trinajstić information content (AvgIpc) is 3.08. The molecular formula is C17H15N2O5PS. The molecule has 0 bridgehead atoms. The van der Waals surface area contributed by atoms with Crippen molar-refractivity contribution in [1.82, 2.24) is 4.98 Å². The van der Waals surface area contributed by atoms with E-state index in [4.69, 9.17) is 20.3 Å². The van der Waals surface area contributed by atoms with Crippen molar-refractivity contribution < 1.29 is 24.2 Å². The summed E-state index contributed by atoms with van der Waals surface area (Å²) < 4.78 is 16.6. The third-order valence-corrected chi connectivity index (χ3v) is 5.46. The molecular weight excluding hydrogens is 375 g/mol. The van der Waals surface area contributed by atoms with Crippen LogP contribution in [0.4, 0.5) is 5.13 Å². The monoisotopic (exact) mass is 390 g/mol. The number of aromatic hydroxyl groups is 1. The van der Waals surface area contributed by atoms with Crippen LogP contribution in [0.2, 0.25) is 0 Å². The average molecular weight is 390 g/mol. The molecule has 3 aromatic rings. The molecule has 1 aromatic heterocycles. The molecule has 0 saturated heterocycles. The van der Waals surface area contributed by atoms with Crippen LogP contribution in [0.3, 0.4) is 0 Å². The minimum absolute atomic E-state index is 0.160. The molecule has 0 saturated carbocycles. The molecule has 0 spiro atoms. The normalized spacial score (nSPS) is 12.7. The maximum absolute atomic E-state index is 11.2. The molecule has 0 unspecified atom stereocenters. The van der Waals surface area contributed by atoms with Crippen molar-refractivity contribution >= 4 is 24.1 Å². The van der Waals surface area contributed by atoms with E-state index in [-0.39, 0.29) is 5.75 Å². The Morgan fingerprint density at radius 2 is 2.08 bits per heavy atom. The van der Waals surface area contributed by atoms with E-state index in [9.17, 15) is 9.67 Å². The van der Waals surface area contributed by atoms with Gasteiger partial charge in [0, 0.05) is 16.9 Å². The van der Waals surface area contributed by atoms with Crippen molar-refractivity contribution in [2.75, 3.05) is 12.1 Å². The maximum Gasteiger partial charge on any atom is 0.362 e. The molecule has 0 amide bonds.